The highest BCUT2D eigenvalue weighted by molar-refractivity contribution is 6.37. The number of amides is 2. The number of aromatic nitrogens is 2. The quantitative estimate of drug-likeness (QED) is 0.215. The lowest BCUT2D eigenvalue weighted by atomic mass is 10.0. The minimum absolute atomic E-state index is 0.158. The standard InChI is InChI=1S/C29H22Cl2N4O2/c30-23-14-22(15-24(31)28(23)36)21-10-11-25-26(16-21)34-27(17-33-25)35-29(37)32-13-12-18-6-8-20(9-7-18)19-4-2-1-3-5-19/h1-11,14-17,36H,12-13H2,(H2,32,34,35,37). The second-order valence-corrected chi connectivity index (χ2v) is 9.26. The summed E-state index contributed by atoms with van der Waals surface area (Å²) in [5.74, 6) is 0.172. The number of nitrogens with zero attached hydrogens (tertiary/aromatic N) is 2. The molecule has 0 fully saturated rings. The summed E-state index contributed by atoms with van der Waals surface area (Å²) in [6.45, 7) is 0.476. The van der Waals surface area contributed by atoms with Crippen LogP contribution in [0.3, 0.4) is 0 Å². The number of rotatable bonds is 6. The number of aromatic hydroxyl groups is 1. The van der Waals surface area contributed by atoms with Crippen LogP contribution in [-0.2, 0) is 6.42 Å². The molecule has 37 heavy (non-hydrogen) atoms. The molecule has 8 heteroatoms. The number of carbonyl (C=O) groups excluding carboxylic acids is 1. The Morgan fingerprint density at radius 2 is 1.46 bits per heavy atom. The Balaban J connectivity index is 1.20. The molecule has 0 spiro atoms. The summed E-state index contributed by atoms with van der Waals surface area (Å²) in [5, 5.41) is 15.7. The third-order valence-corrected chi connectivity index (χ3v) is 6.47. The molecule has 0 atom stereocenters. The molecule has 2 amide bonds. The summed E-state index contributed by atoms with van der Waals surface area (Å²) in [4.78, 5) is 21.3. The molecule has 0 saturated carbocycles. The molecule has 0 aliphatic rings. The molecule has 1 aromatic heterocycles. The van der Waals surface area contributed by atoms with Crippen LogP contribution in [0.1, 0.15) is 5.56 Å². The smallest absolute Gasteiger partial charge is 0.320 e. The Kier molecular flexibility index (Phi) is 7.21. The van der Waals surface area contributed by atoms with Gasteiger partial charge in [0.2, 0.25) is 0 Å². The largest absolute Gasteiger partial charge is 0.505 e. The lowest BCUT2D eigenvalue weighted by Crippen LogP contribution is -2.30. The molecule has 5 aromatic rings. The number of benzene rings is 4. The van der Waals surface area contributed by atoms with Crippen LogP contribution in [-0.4, -0.2) is 27.7 Å². The van der Waals surface area contributed by atoms with Crippen LogP contribution >= 0.6 is 23.2 Å². The highest BCUT2D eigenvalue weighted by atomic mass is 35.5. The van der Waals surface area contributed by atoms with Gasteiger partial charge in [-0.25, -0.2) is 9.78 Å². The van der Waals surface area contributed by atoms with Crippen molar-refractivity contribution in [3.8, 4) is 28.0 Å². The number of fused-ring (bicyclic) bond motifs is 1. The molecule has 184 valence electrons. The van der Waals surface area contributed by atoms with Crippen LogP contribution in [0.15, 0.2) is 91.1 Å². The molecule has 0 aliphatic carbocycles. The molecule has 0 aliphatic heterocycles. The number of carbonyl (C=O) groups is 1. The number of hydrogen-bond acceptors (Lipinski definition) is 4. The van der Waals surface area contributed by atoms with E-state index in [4.69, 9.17) is 23.2 Å². The summed E-state index contributed by atoms with van der Waals surface area (Å²) in [6.07, 6.45) is 2.21. The Hall–Kier alpha value is -4.13. The summed E-state index contributed by atoms with van der Waals surface area (Å²) < 4.78 is 0. The number of phenols is 1. The fourth-order valence-electron chi connectivity index (χ4n) is 3.96. The van der Waals surface area contributed by atoms with Gasteiger partial charge >= 0.3 is 6.03 Å². The minimum Gasteiger partial charge on any atom is -0.505 e. The molecule has 0 saturated heterocycles. The van der Waals surface area contributed by atoms with Crippen LogP contribution < -0.4 is 10.6 Å². The van der Waals surface area contributed by atoms with E-state index in [-0.39, 0.29) is 21.8 Å². The predicted octanol–water partition coefficient (Wildman–Crippen LogP) is 7.34. The topological polar surface area (TPSA) is 87.1 Å². The zero-order chi connectivity index (χ0) is 25.8. The molecule has 5 rings (SSSR count). The van der Waals surface area contributed by atoms with Gasteiger partial charge in [-0.05, 0) is 58.5 Å². The number of halogens is 2. The van der Waals surface area contributed by atoms with Crippen molar-refractivity contribution in [2.75, 3.05) is 11.9 Å². The zero-order valence-electron chi connectivity index (χ0n) is 19.6. The summed E-state index contributed by atoms with van der Waals surface area (Å²) in [5.41, 5.74) is 6.25. The monoisotopic (exact) mass is 528 g/mol. The van der Waals surface area contributed by atoms with Gasteiger partial charge < -0.3 is 10.4 Å². The van der Waals surface area contributed by atoms with E-state index in [0.717, 1.165) is 22.3 Å². The highest BCUT2D eigenvalue weighted by Crippen LogP contribution is 2.36. The summed E-state index contributed by atoms with van der Waals surface area (Å²) in [7, 11) is 0. The van der Waals surface area contributed by atoms with E-state index in [2.05, 4.69) is 57.0 Å². The van der Waals surface area contributed by atoms with Gasteiger partial charge in [-0.3, -0.25) is 10.3 Å². The maximum atomic E-state index is 12.4. The first-order valence-corrected chi connectivity index (χ1v) is 12.4. The average Bonchev–Trinajstić information content (AvgIpc) is 2.92. The van der Waals surface area contributed by atoms with E-state index in [1.807, 2.05) is 36.4 Å². The second-order valence-electron chi connectivity index (χ2n) is 8.44. The first kappa shape index (κ1) is 24.6. The third-order valence-electron chi connectivity index (χ3n) is 5.89. The predicted molar refractivity (Wildman–Crippen MR) is 149 cm³/mol. The zero-order valence-corrected chi connectivity index (χ0v) is 21.1. The Morgan fingerprint density at radius 3 is 2.19 bits per heavy atom. The third kappa shape index (κ3) is 5.82. The van der Waals surface area contributed by atoms with Gasteiger partial charge in [-0.1, -0.05) is 83.9 Å². The van der Waals surface area contributed by atoms with E-state index in [9.17, 15) is 9.90 Å². The molecule has 0 bridgehead atoms. The fraction of sp³-hybridized carbons (Fsp3) is 0.0690. The van der Waals surface area contributed by atoms with Crippen molar-refractivity contribution >= 4 is 46.1 Å². The molecule has 3 N–H and O–H groups in total. The van der Waals surface area contributed by atoms with Gasteiger partial charge in [-0.15, -0.1) is 0 Å². The maximum Gasteiger partial charge on any atom is 0.320 e. The van der Waals surface area contributed by atoms with Crippen molar-refractivity contribution in [3.05, 3.63) is 107 Å². The van der Waals surface area contributed by atoms with Gasteiger partial charge in [0.25, 0.3) is 0 Å². The molecular weight excluding hydrogens is 507 g/mol. The number of anilines is 1. The van der Waals surface area contributed by atoms with Crippen LogP contribution in [0.25, 0.3) is 33.3 Å². The van der Waals surface area contributed by atoms with E-state index >= 15 is 0 Å². The Morgan fingerprint density at radius 1 is 0.784 bits per heavy atom. The highest BCUT2D eigenvalue weighted by Gasteiger charge is 2.10. The minimum atomic E-state index is -0.359. The van der Waals surface area contributed by atoms with Crippen molar-refractivity contribution in [2.24, 2.45) is 0 Å². The number of hydrogen-bond donors (Lipinski definition) is 3. The first-order valence-electron chi connectivity index (χ1n) is 11.6. The lowest BCUT2D eigenvalue weighted by Gasteiger charge is -2.09. The molecule has 1 heterocycles. The van der Waals surface area contributed by atoms with Crippen molar-refractivity contribution in [3.63, 3.8) is 0 Å². The van der Waals surface area contributed by atoms with E-state index in [1.54, 1.807) is 12.1 Å². The fourth-order valence-corrected chi connectivity index (χ4v) is 4.45. The van der Waals surface area contributed by atoms with E-state index < -0.39 is 0 Å². The lowest BCUT2D eigenvalue weighted by molar-refractivity contribution is 0.252. The van der Waals surface area contributed by atoms with Crippen molar-refractivity contribution < 1.29 is 9.90 Å². The van der Waals surface area contributed by atoms with Gasteiger partial charge in [-0.2, -0.15) is 0 Å². The van der Waals surface area contributed by atoms with Crippen LogP contribution in [0, 0.1) is 0 Å². The van der Waals surface area contributed by atoms with Crippen molar-refractivity contribution in [1.82, 2.24) is 15.3 Å². The summed E-state index contributed by atoms with van der Waals surface area (Å²) in [6, 6.07) is 26.9. The molecule has 0 radical (unpaired) electrons. The molecular formula is C29H22Cl2N4O2. The number of urea groups is 1. The van der Waals surface area contributed by atoms with Crippen molar-refractivity contribution in [2.45, 2.75) is 6.42 Å². The van der Waals surface area contributed by atoms with E-state index in [1.165, 1.54) is 11.8 Å². The molecule has 6 nitrogen and oxygen atoms in total. The van der Waals surface area contributed by atoms with Gasteiger partial charge in [0.1, 0.15) is 0 Å². The summed E-state index contributed by atoms with van der Waals surface area (Å²) >= 11 is 12.1. The number of nitrogens with one attached hydrogen (secondary N) is 2. The molecule has 0 unspecified atom stereocenters. The average molecular weight is 529 g/mol. The SMILES string of the molecule is O=C(NCCc1ccc(-c2ccccc2)cc1)Nc1cnc2ccc(-c3cc(Cl)c(O)c(Cl)c3)cc2n1. The van der Waals surface area contributed by atoms with Gasteiger partial charge in [0.15, 0.2) is 11.6 Å². The first-order chi connectivity index (χ1) is 18.0. The van der Waals surface area contributed by atoms with Crippen LogP contribution in [0.5, 0.6) is 5.75 Å². The maximum absolute atomic E-state index is 12.4. The van der Waals surface area contributed by atoms with Crippen LogP contribution in [0.4, 0.5) is 10.6 Å². The van der Waals surface area contributed by atoms with Crippen LogP contribution in [0.2, 0.25) is 10.0 Å². The second kappa shape index (κ2) is 10.9. The number of phenolic OH excluding ortho intramolecular Hbond substituents is 1. The van der Waals surface area contributed by atoms with Gasteiger partial charge in [0.05, 0.1) is 27.3 Å². The normalized spacial score (nSPS) is 10.9. The van der Waals surface area contributed by atoms with Crippen molar-refractivity contribution in [1.29, 1.82) is 0 Å². The molecule has 4 aromatic carbocycles. The Labute approximate surface area is 223 Å². The van der Waals surface area contributed by atoms with Gasteiger partial charge in [0, 0.05) is 6.54 Å². The Bertz CT molecular complexity index is 1550. The van der Waals surface area contributed by atoms with E-state index in [0.29, 0.717) is 29.8 Å².